The molecule has 0 aliphatic carbocycles. The van der Waals surface area contributed by atoms with E-state index in [0.717, 1.165) is 18.0 Å². The summed E-state index contributed by atoms with van der Waals surface area (Å²) < 4.78 is 3.63. The molecule has 0 aliphatic rings. The predicted molar refractivity (Wildman–Crippen MR) is 57.8 cm³/mol. The molecule has 0 aromatic carbocycles. The Morgan fingerprint density at radius 3 is 2.93 bits per heavy atom. The van der Waals surface area contributed by atoms with Crippen molar-refractivity contribution in [3.8, 4) is 0 Å². The molecule has 1 heterocycles. The van der Waals surface area contributed by atoms with Gasteiger partial charge in [-0.15, -0.1) is 5.10 Å². The van der Waals surface area contributed by atoms with E-state index in [4.69, 9.17) is 5.11 Å². The van der Waals surface area contributed by atoms with Crippen LogP contribution in [0.2, 0.25) is 0 Å². The lowest BCUT2D eigenvalue weighted by atomic mass is 9.95. The van der Waals surface area contributed by atoms with Crippen molar-refractivity contribution >= 4 is 17.4 Å². The number of aromatic nitrogens is 2. The van der Waals surface area contributed by atoms with E-state index in [-0.39, 0.29) is 18.1 Å². The topological polar surface area (TPSA) is 75.1 Å². The molecule has 15 heavy (non-hydrogen) atoms. The standard InChI is InChI=1S/C9H15N3O2S/c1-3-9(2,4-5-13)11-8(14)7-6-10-12-15-7/h6,13H,3-5H2,1-2H3,(H,11,14). The number of carbonyl (C=O) groups excluding carboxylic acids is 1. The van der Waals surface area contributed by atoms with Gasteiger partial charge in [-0.1, -0.05) is 11.4 Å². The van der Waals surface area contributed by atoms with Gasteiger partial charge in [0.1, 0.15) is 4.88 Å². The van der Waals surface area contributed by atoms with Crippen LogP contribution < -0.4 is 5.32 Å². The van der Waals surface area contributed by atoms with Crippen LogP contribution in [0.4, 0.5) is 0 Å². The molecule has 1 atom stereocenters. The van der Waals surface area contributed by atoms with Gasteiger partial charge < -0.3 is 10.4 Å². The Kier molecular flexibility index (Phi) is 4.16. The lowest BCUT2D eigenvalue weighted by molar-refractivity contribution is 0.0890. The third-order valence-electron chi connectivity index (χ3n) is 2.44. The fraction of sp³-hybridized carbons (Fsp3) is 0.667. The Hall–Kier alpha value is -1.01. The zero-order chi connectivity index (χ0) is 11.3. The number of aliphatic hydroxyl groups excluding tert-OH is 1. The normalized spacial score (nSPS) is 14.6. The first kappa shape index (κ1) is 12.1. The minimum Gasteiger partial charge on any atom is -0.396 e. The molecule has 0 saturated heterocycles. The highest BCUT2D eigenvalue weighted by Gasteiger charge is 2.24. The van der Waals surface area contributed by atoms with Gasteiger partial charge in [0, 0.05) is 12.1 Å². The van der Waals surface area contributed by atoms with Gasteiger partial charge in [-0.25, -0.2) is 0 Å². The third-order valence-corrected chi connectivity index (χ3v) is 3.11. The summed E-state index contributed by atoms with van der Waals surface area (Å²) in [6, 6.07) is 0. The Bertz CT molecular complexity index is 315. The smallest absolute Gasteiger partial charge is 0.265 e. The van der Waals surface area contributed by atoms with Crippen molar-refractivity contribution in [1.82, 2.24) is 14.9 Å². The van der Waals surface area contributed by atoms with E-state index in [1.807, 2.05) is 13.8 Å². The molecule has 1 aromatic heterocycles. The molecule has 0 spiro atoms. The van der Waals surface area contributed by atoms with Crippen molar-refractivity contribution < 1.29 is 9.90 Å². The molecular formula is C9H15N3O2S. The second-order valence-corrected chi connectivity index (χ2v) is 4.41. The largest absolute Gasteiger partial charge is 0.396 e. The number of nitrogens with one attached hydrogen (secondary N) is 1. The molecule has 0 radical (unpaired) electrons. The van der Waals surface area contributed by atoms with Crippen LogP contribution in [0.3, 0.4) is 0 Å². The summed E-state index contributed by atoms with van der Waals surface area (Å²) in [5, 5.41) is 15.4. The van der Waals surface area contributed by atoms with Gasteiger partial charge in [0.25, 0.3) is 5.91 Å². The molecule has 5 nitrogen and oxygen atoms in total. The molecule has 1 amide bonds. The minimum absolute atomic E-state index is 0.0611. The number of aliphatic hydroxyl groups is 1. The van der Waals surface area contributed by atoms with E-state index < -0.39 is 0 Å². The van der Waals surface area contributed by atoms with E-state index >= 15 is 0 Å². The van der Waals surface area contributed by atoms with E-state index in [1.54, 1.807) is 0 Å². The molecule has 0 aliphatic heterocycles. The van der Waals surface area contributed by atoms with Crippen molar-refractivity contribution in [3.63, 3.8) is 0 Å². The first-order valence-electron chi connectivity index (χ1n) is 4.82. The molecular weight excluding hydrogens is 214 g/mol. The summed E-state index contributed by atoms with van der Waals surface area (Å²) in [6.07, 6.45) is 2.75. The first-order chi connectivity index (χ1) is 7.11. The maximum Gasteiger partial charge on any atom is 0.265 e. The Morgan fingerprint density at radius 2 is 2.47 bits per heavy atom. The Morgan fingerprint density at radius 1 is 1.73 bits per heavy atom. The molecule has 0 saturated carbocycles. The third kappa shape index (κ3) is 3.24. The molecule has 2 N–H and O–H groups in total. The van der Waals surface area contributed by atoms with Gasteiger partial charge in [0.15, 0.2) is 0 Å². The summed E-state index contributed by atoms with van der Waals surface area (Å²) in [7, 11) is 0. The average Bonchev–Trinajstić information content (AvgIpc) is 2.71. The van der Waals surface area contributed by atoms with E-state index in [2.05, 4.69) is 14.9 Å². The van der Waals surface area contributed by atoms with Gasteiger partial charge in [-0.2, -0.15) is 0 Å². The van der Waals surface area contributed by atoms with Crippen LogP contribution in [0.15, 0.2) is 6.20 Å². The predicted octanol–water partition coefficient (Wildman–Crippen LogP) is 0.819. The maximum absolute atomic E-state index is 11.7. The van der Waals surface area contributed by atoms with Crippen molar-refractivity contribution in [1.29, 1.82) is 0 Å². The van der Waals surface area contributed by atoms with Crippen LogP contribution in [-0.4, -0.2) is 32.7 Å². The number of carbonyl (C=O) groups is 1. The quantitative estimate of drug-likeness (QED) is 0.783. The lowest BCUT2D eigenvalue weighted by Crippen LogP contribution is -2.45. The monoisotopic (exact) mass is 229 g/mol. The van der Waals surface area contributed by atoms with Crippen molar-refractivity contribution in [3.05, 3.63) is 11.1 Å². The number of nitrogens with zero attached hydrogens (tertiary/aromatic N) is 2. The van der Waals surface area contributed by atoms with E-state index in [9.17, 15) is 4.79 Å². The molecule has 6 heteroatoms. The van der Waals surface area contributed by atoms with Crippen molar-refractivity contribution in [2.45, 2.75) is 32.2 Å². The summed E-state index contributed by atoms with van der Waals surface area (Å²) >= 11 is 1.06. The molecule has 1 unspecified atom stereocenters. The van der Waals surface area contributed by atoms with Crippen LogP contribution in [0, 0.1) is 0 Å². The van der Waals surface area contributed by atoms with Crippen LogP contribution in [-0.2, 0) is 0 Å². The van der Waals surface area contributed by atoms with Crippen LogP contribution in [0.5, 0.6) is 0 Å². The summed E-state index contributed by atoms with van der Waals surface area (Å²) in [5.41, 5.74) is -0.365. The van der Waals surface area contributed by atoms with Crippen LogP contribution in [0.25, 0.3) is 0 Å². The highest BCUT2D eigenvalue weighted by molar-refractivity contribution is 7.07. The van der Waals surface area contributed by atoms with Gasteiger partial charge in [-0.05, 0) is 31.3 Å². The molecule has 1 aromatic rings. The lowest BCUT2D eigenvalue weighted by Gasteiger charge is -2.28. The highest BCUT2D eigenvalue weighted by Crippen LogP contribution is 2.15. The Balaban J connectivity index is 2.63. The molecule has 0 fully saturated rings. The SMILES string of the molecule is CCC(C)(CCO)NC(=O)c1cnns1. The second kappa shape index (κ2) is 5.18. The summed E-state index contributed by atoms with van der Waals surface area (Å²) in [5.74, 6) is -0.178. The fourth-order valence-electron chi connectivity index (χ4n) is 1.18. The first-order valence-corrected chi connectivity index (χ1v) is 5.59. The number of rotatable bonds is 5. The highest BCUT2D eigenvalue weighted by atomic mass is 32.1. The van der Waals surface area contributed by atoms with Crippen molar-refractivity contribution in [2.24, 2.45) is 0 Å². The van der Waals surface area contributed by atoms with Gasteiger partial charge in [0.05, 0.1) is 6.20 Å². The molecule has 0 bridgehead atoms. The number of hydrogen-bond donors (Lipinski definition) is 2. The Labute approximate surface area is 92.7 Å². The molecule has 1 rings (SSSR count). The number of hydrogen-bond acceptors (Lipinski definition) is 5. The zero-order valence-electron chi connectivity index (χ0n) is 8.86. The van der Waals surface area contributed by atoms with E-state index in [1.165, 1.54) is 6.20 Å². The van der Waals surface area contributed by atoms with E-state index in [0.29, 0.717) is 11.3 Å². The molecule has 84 valence electrons. The van der Waals surface area contributed by atoms with Crippen molar-refractivity contribution in [2.75, 3.05) is 6.61 Å². The van der Waals surface area contributed by atoms with Gasteiger partial charge >= 0.3 is 0 Å². The number of amides is 1. The zero-order valence-corrected chi connectivity index (χ0v) is 9.67. The summed E-state index contributed by atoms with van der Waals surface area (Å²) in [6.45, 7) is 3.95. The minimum atomic E-state index is -0.365. The fourth-order valence-corrected chi connectivity index (χ4v) is 1.59. The van der Waals surface area contributed by atoms with Crippen LogP contribution >= 0.6 is 11.5 Å². The average molecular weight is 229 g/mol. The second-order valence-electron chi connectivity index (χ2n) is 3.62. The summed E-state index contributed by atoms with van der Waals surface area (Å²) in [4.78, 5) is 12.2. The maximum atomic E-state index is 11.7. The van der Waals surface area contributed by atoms with Crippen LogP contribution in [0.1, 0.15) is 36.4 Å². The van der Waals surface area contributed by atoms with Gasteiger partial charge in [0.2, 0.25) is 0 Å². The van der Waals surface area contributed by atoms with Gasteiger partial charge in [-0.3, -0.25) is 4.79 Å².